The van der Waals surface area contributed by atoms with E-state index in [1.54, 1.807) is 23.7 Å². The Labute approximate surface area is 186 Å². The summed E-state index contributed by atoms with van der Waals surface area (Å²) in [5.41, 5.74) is 2.85. The molecule has 1 aliphatic carbocycles. The molecule has 5 rings (SSSR count). The predicted molar refractivity (Wildman–Crippen MR) is 120 cm³/mol. The zero-order valence-corrected chi connectivity index (χ0v) is 17.8. The highest BCUT2D eigenvalue weighted by atomic mass is 35.5. The van der Waals surface area contributed by atoms with Crippen molar-refractivity contribution in [1.29, 1.82) is 0 Å². The molecule has 0 radical (unpaired) electrons. The van der Waals surface area contributed by atoms with Gasteiger partial charge >= 0.3 is 12.0 Å². The minimum absolute atomic E-state index is 0.0972. The molecule has 0 amide bonds. The number of aromatic nitrogens is 3. The summed E-state index contributed by atoms with van der Waals surface area (Å²) in [6, 6.07) is 13.7. The molecule has 2 aromatic heterocycles. The van der Waals surface area contributed by atoms with Crippen LogP contribution in [0.15, 0.2) is 54.9 Å². The van der Waals surface area contributed by atoms with Gasteiger partial charge in [0.1, 0.15) is 12.0 Å². The van der Waals surface area contributed by atoms with Crippen LogP contribution in [-0.4, -0.2) is 32.6 Å². The third-order valence-corrected chi connectivity index (χ3v) is 6.40. The zero-order chi connectivity index (χ0) is 21.4. The maximum absolute atomic E-state index is 11.2. The fraction of sp³-hybridized carbons (Fsp3) is 0.182. The maximum atomic E-state index is 11.2. The summed E-state index contributed by atoms with van der Waals surface area (Å²) in [5.74, 6) is -0.826. The lowest BCUT2D eigenvalue weighted by atomic mass is 10.1. The molecule has 2 aromatic carbocycles. The summed E-state index contributed by atoms with van der Waals surface area (Å²) in [7, 11) is 0. The van der Waals surface area contributed by atoms with E-state index in [4.69, 9.17) is 16.3 Å². The second-order valence-electron chi connectivity index (χ2n) is 7.46. The lowest BCUT2D eigenvalue weighted by molar-refractivity contribution is -0.144. The Morgan fingerprint density at radius 1 is 1.13 bits per heavy atom. The van der Waals surface area contributed by atoms with Gasteiger partial charge in [0.2, 0.25) is 0 Å². The summed E-state index contributed by atoms with van der Waals surface area (Å²) in [6.07, 6.45) is 4.60. The van der Waals surface area contributed by atoms with Crippen LogP contribution < -0.4 is 10.1 Å². The van der Waals surface area contributed by atoms with Crippen molar-refractivity contribution >= 4 is 49.9 Å². The van der Waals surface area contributed by atoms with Gasteiger partial charge in [0.05, 0.1) is 10.2 Å². The average molecular weight is 453 g/mol. The molecule has 2 heterocycles. The number of halogens is 1. The SMILES string of the molecule is O=C(O)C1(COc2ncc(-c3ccc(Nc4nc5ccc(Cl)cc5s4)cc3)cn2)CC1. The fourth-order valence-corrected chi connectivity index (χ4v) is 4.30. The van der Waals surface area contributed by atoms with Crippen molar-refractivity contribution in [3.63, 3.8) is 0 Å². The average Bonchev–Trinajstić information content (AvgIpc) is 3.47. The molecule has 0 unspecified atom stereocenters. The quantitative estimate of drug-likeness (QED) is 0.387. The first-order chi connectivity index (χ1) is 15.0. The second kappa shape index (κ2) is 7.79. The van der Waals surface area contributed by atoms with Gasteiger partial charge in [0, 0.05) is 28.7 Å². The molecule has 0 bridgehead atoms. The van der Waals surface area contributed by atoms with E-state index in [1.165, 1.54) is 0 Å². The number of thiazole rings is 1. The van der Waals surface area contributed by atoms with Crippen LogP contribution in [0.4, 0.5) is 10.8 Å². The second-order valence-corrected chi connectivity index (χ2v) is 8.93. The van der Waals surface area contributed by atoms with Gasteiger partial charge in [-0.1, -0.05) is 35.1 Å². The molecule has 7 nitrogen and oxygen atoms in total. The number of ether oxygens (including phenoxy) is 1. The Bertz CT molecular complexity index is 1250. The van der Waals surface area contributed by atoms with Crippen LogP contribution in [0.5, 0.6) is 6.01 Å². The largest absolute Gasteiger partial charge is 0.481 e. The first-order valence-electron chi connectivity index (χ1n) is 9.63. The molecule has 1 saturated carbocycles. The lowest BCUT2D eigenvalue weighted by Crippen LogP contribution is -2.23. The summed E-state index contributed by atoms with van der Waals surface area (Å²) >= 11 is 7.59. The summed E-state index contributed by atoms with van der Waals surface area (Å²) in [5, 5.41) is 14.0. The molecular formula is C22H17ClN4O3S. The lowest BCUT2D eigenvalue weighted by Gasteiger charge is -2.10. The Hall–Kier alpha value is -3.23. The highest BCUT2D eigenvalue weighted by Gasteiger charge is 2.51. The molecule has 0 aliphatic heterocycles. The number of anilines is 2. The van der Waals surface area contributed by atoms with E-state index in [-0.39, 0.29) is 12.6 Å². The van der Waals surface area contributed by atoms with Gasteiger partial charge in [-0.05, 0) is 48.7 Å². The molecule has 2 N–H and O–H groups in total. The minimum atomic E-state index is -0.826. The smallest absolute Gasteiger partial charge is 0.316 e. The molecular weight excluding hydrogens is 436 g/mol. The van der Waals surface area contributed by atoms with E-state index >= 15 is 0 Å². The molecule has 4 aromatic rings. The number of nitrogens with one attached hydrogen (secondary N) is 1. The standard InChI is InChI=1S/C22H17ClN4O3S/c23-15-3-6-17-18(9-15)31-21(27-17)26-16-4-1-13(2-5-16)14-10-24-20(25-11-14)30-12-22(7-8-22)19(28)29/h1-6,9-11H,7-8,12H2,(H,26,27)(H,28,29). The van der Waals surface area contributed by atoms with Gasteiger partial charge in [-0.15, -0.1) is 0 Å². The van der Waals surface area contributed by atoms with Crippen molar-refractivity contribution in [3.8, 4) is 17.1 Å². The number of fused-ring (bicyclic) bond motifs is 1. The minimum Gasteiger partial charge on any atom is -0.481 e. The molecule has 0 saturated heterocycles. The molecule has 9 heteroatoms. The van der Waals surface area contributed by atoms with E-state index in [9.17, 15) is 9.90 Å². The van der Waals surface area contributed by atoms with E-state index in [2.05, 4.69) is 20.3 Å². The van der Waals surface area contributed by atoms with Crippen LogP contribution in [0.1, 0.15) is 12.8 Å². The van der Waals surface area contributed by atoms with E-state index < -0.39 is 11.4 Å². The molecule has 0 spiro atoms. The number of hydrogen-bond acceptors (Lipinski definition) is 7. The van der Waals surface area contributed by atoms with Gasteiger partial charge in [-0.3, -0.25) is 4.79 Å². The highest BCUT2D eigenvalue weighted by molar-refractivity contribution is 7.22. The number of carbonyl (C=O) groups is 1. The number of hydrogen-bond donors (Lipinski definition) is 2. The predicted octanol–water partition coefficient (Wildman–Crippen LogP) is 5.39. The molecule has 0 atom stereocenters. The molecule has 31 heavy (non-hydrogen) atoms. The van der Waals surface area contributed by atoms with Gasteiger partial charge in [0.25, 0.3) is 0 Å². The Morgan fingerprint density at radius 2 is 1.87 bits per heavy atom. The molecule has 1 fully saturated rings. The van der Waals surface area contributed by atoms with E-state index in [0.29, 0.717) is 17.9 Å². The van der Waals surface area contributed by atoms with Crippen molar-refractivity contribution in [2.45, 2.75) is 12.8 Å². The number of carboxylic acids is 1. The van der Waals surface area contributed by atoms with Gasteiger partial charge < -0.3 is 15.2 Å². The Morgan fingerprint density at radius 3 is 2.55 bits per heavy atom. The third kappa shape index (κ3) is 4.17. The monoisotopic (exact) mass is 452 g/mol. The summed E-state index contributed by atoms with van der Waals surface area (Å²) in [4.78, 5) is 24.2. The van der Waals surface area contributed by atoms with Crippen LogP contribution in [0, 0.1) is 5.41 Å². The molecule has 156 valence electrons. The third-order valence-electron chi connectivity index (χ3n) is 5.23. The number of rotatable bonds is 7. The van der Waals surface area contributed by atoms with Gasteiger partial charge in [0.15, 0.2) is 5.13 Å². The normalized spacial score (nSPS) is 14.4. The zero-order valence-electron chi connectivity index (χ0n) is 16.2. The van der Waals surface area contributed by atoms with Gasteiger partial charge in [-0.25, -0.2) is 15.0 Å². The first kappa shape index (κ1) is 19.7. The van der Waals surface area contributed by atoms with Crippen LogP contribution in [0.25, 0.3) is 21.3 Å². The maximum Gasteiger partial charge on any atom is 0.316 e. The summed E-state index contributed by atoms with van der Waals surface area (Å²) < 4.78 is 6.51. The van der Waals surface area contributed by atoms with Crippen molar-refractivity contribution in [2.24, 2.45) is 5.41 Å². The van der Waals surface area contributed by atoms with Crippen molar-refractivity contribution in [3.05, 3.63) is 59.9 Å². The van der Waals surface area contributed by atoms with Gasteiger partial charge in [-0.2, -0.15) is 0 Å². The van der Waals surface area contributed by atoms with Crippen molar-refractivity contribution in [1.82, 2.24) is 15.0 Å². The number of nitrogens with zero attached hydrogens (tertiary/aromatic N) is 3. The number of aliphatic carboxylic acids is 1. The van der Waals surface area contributed by atoms with Crippen LogP contribution >= 0.6 is 22.9 Å². The first-order valence-corrected chi connectivity index (χ1v) is 10.8. The number of benzene rings is 2. The Balaban J connectivity index is 1.24. The van der Waals surface area contributed by atoms with Crippen LogP contribution in [-0.2, 0) is 4.79 Å². The highest BCUT2D eigenvalue weighted by Crippen LogP contribution is 2.45. The van der Waals surface area contributed by atoms with Crippen molar-refractivity contribution < 1.29 is 14.6 Å². The van der Waals surface area contributed by atoms with E-state index in [1.807, 2.05) is 42.5 Å². The fourth-order valence-electron chi connectivity index (χ4n) is 3.13. The topological polar surface area (TPSA) is 97.2 Å². The van der Waals surface area contributed by atoms with Crippen LogP contribution in [0.2, 0.25) is 5.02 Å². The van der Waals surface area contributed by atoms with E-state index in [0.717, 1.165) is 32.2 Å². The van der Waals surface area contributed by atoms with Crippen LogP contribution in [0.3, 0.4) is 0 Å². The number of carboxylic acid groups (broad SMARTS) is 1. The molecule has 1 aliphatic rings. The van der Waals surface area contributed by atoms with Crippen molar-refractivity contribution in [2.75, 3.05) is 11.9 Å². The Kier molecular flexibility index (Phi) is 4.95. The summed E-state index contributed by atoms with van der Waals surface area (Å²) in [6.45, 7) is 0.0972.